The first-order chi connectivity index (χ1) is 12.3. The minimum atomic E-state index is -1.03. The molecule has 0 aromatic heterocycles. The van der Waals surface area contributed by atoms with Gasteiger partial charge in [0.25, 0.3) is 5.91 Å². The molecule has 6 nitrogen and oxygen atoms in total. The van der Waals surface area contributed by atoms with Gasteiger partial charge in [-0.15, -0.1) is 0 Å². The maximum Gasteiger partial charge on any atom is 0.341 e. The number of halogens is 1. The van der Waals surface area contributed by atoms with Crippen LogP contribution in [-0.2, 0) is 16.1 Å². The van der Waals surface area contributed by atoms with Gasteiger partial charge in [0.05, 0.1) is 0 Å². The SMILES string of the molecule is Cc1cc(Cl)ccc1OCC(=O)N(C)Cc1ccc(OCC(=O)O)cc1. The molecule has 0 aliphatic heterocycles. The van der Waals surface area contributed by atoms with Crippen LogP contribution in [0, 0.1) is 6.92 Å². The first kappa shape index (κ1) is 19.6. The number of hydrogen-bond acceptors (Lipinski definition) is 4. The Morgan fingerprint density at radius 2 is 1.77 bits per heavy atom. The van der Waals surface area contributed by atoms with E-state index in [2.05, 4.69) is 0 Å². The Morgan fingerprint density at radius 3 is 2.38 bits per heavy atom. The van der Waals surface area contributed by atoms with Crippen molar-refractivity contribution in [2.24, 2.45) is 0 Å². The lowest BCUT2D eigenvalue weighted by atomic mass is 10.2. The average Bonchev–Trinajstić information content (AvgIpc) is 2.60. The van der Waals surface area contributed by atoms with Gasteiger partial charge >= 0.3 is 5.97 Å². The van der Waals surface area contributed by atoms with Crippen molar-refractivity contribution in [2.75, 3.05) is 20.3 Å². The fourth-order valence-electron chi connectivity index (χ4n) is 2.22. The van der Waals surface area contributed by atoms with E-state index in [0.717, 1.165) is 11.1 Å². The number of ether oxygens (including phenoxy) is 2. The van der Waals surface area contributed by atoms with E-state index in [9.17, 15) is 9.59 Å². The zero-order valence-electron chi connectivity index (χ0n) is 14.6. The summed E-state index contributed by atoms with van der Waals surface area (Å²) in [4.78, 5) is 24.3. The van der Waals surface area contributed by atoms with Gasteiger partial charge in [-0.05, 0) is 48.4 Å². The van der Waals surface area contributed by atoms with Gasteiger partial charge < -0.3 is 19.5 Å². The Balaban J connectivity index is 1.85. The fraction of sp³-hybridized carbons (Fsp3) is 0.263. The number of rotatable bonds is 8. The average molecular weight is 378 g/mol. The van der Waals surface area contributed by atoms with Crippen LogP contribution in [0.3, 0.4) is 0 Å². The van der Waals surface area contributed by atoms with Gasteiger partial charge in [0, 0.05) is 18.6 Å². The molecule has 2 rings (SSSR count). The number of carboxylic acid groups (broad SMARTS) is 1. The lowest BCUT2D eigenvalue weighted by Crippen LogP contribution is -2.31. The van der Waals surface area contributed by atoms with Crippen LogP contribution in [0.4, 0.5) is 0 Å². The van der Waals surface area contributed by atoms with Crippen molar-refractivity contribution in [3.63, 3.8) is 0 Å². The molecule has 0 saturated heterocycles. The molecule has 0 fully saturated rings. The molecule has 2 aromatic carbocycles. The molecule has 1 N–H and O–H groups in total. The number of hydrogen-bond donors (Lipinski definition) is 1. The molecule has 0 unspecified atom stereocenters. The zero-order chi connectivity index (χ0) is 19.1. The fourth-order valence-corrected chi connectivity index (χ4v) is 2.45. The molecule has 0 heterocycles. The molecule has 0 bridgehead atoms. The van der Waals surface area contributed by atoms with Crippen LogP contribution in [0.2, 0.25) is 5.02 Å². The van der Waals surface area contributed by atoms with Crippen molar-refractivity contribution in [3.8, 4) is 11.5 Å². The second-order valence-corrected chi connectivity index (χ2v) is 6.21. The molecule has 0 aliphatic carbocycles. The zero-order valence-corrected chi connectivity index (χ0v) is 15.3. The molecular weight excluding hydrogens is 358 g/mol. The van der Waals surface area contributed by atoms with Crippen LogP contribution in [-0.4, -0.2) is 42.1 Å². The minimum absolute atomic E-state index is 0.0707. The van der Waals surface area contributed by atoms with Crippen LogP contribution in [0.1, 0.15) is 11.1 Å². The molecule has 138 valence electrons. The van der Waals surface area contributed by atoms with Gasteiger partial charge in [-0.25, -0.2) is 4.79 Å². The summed E-state index contributed by atoms with van der Waals surface area (Å²) in [6.45, 7) is 1.81. The van der Waals surface area contributed by atoms with Gasteiger partial charge in [0.15, 0.2) is 13.2 Å². The monoisotopic (exact) mass is 377 g/mol. The molecule has 0 spiro atoms. The predicted molar refractivity (Wildman–Crippen MR) is 97.7 cm³/mol. The van der Waals surface area contributed by atoms with Crippen LogP contribution >= 0.6 is 11.6 Å². The summed E-state index contributed by atoms with van der Waals surface area (Å²) in [5.41, 5.74) is 1.76. The van der Waals surface area contributed by atoms with Crippen molar-refractivity contribution in [3.05, 3.63) is 58.6 Å². The maximum atomic E-state index is 12.2. The van der Waals surface area contributed by atoms with Gasteiger partial charge in [-0.3, -0.25) is 4.79 Å². The summed E-state index contributed by atoms with van der Waals surface area (Å²) in [6, 6.07) is 12.1. The summed E-state index contributed by atoms with van der Waals surface area (Å²) in [5.74, 6) is -0.108. The number of carboxylic acids is 1. The van der Waals surface area contributed by atoms with E-state index in [1.807, 2.05) is 6.92 Å². The van der Waals surface area contributed by atoms with E-state index in [0.29, 0.717) is 23.1 Å². The highest BCUT2D eigenvalue weighted by Gasteiger charge is 2.11. The second kappa shape index (κ2) is 9.10. The third-order valence-corrected chi connectivity index (χ3v) is 3.85. The van der Waals surface area contributed by atoms with Crippen molar-refractivity contribution >= 4 is 23.5 Å². The lowest BCUT2D eigenvalue weighted by molar-refractivity contribution is -0.139. The first-order valence-corrected chi connectivity index (χ1v) is 8.29. The van der Waals surface area contributed by atoms with Crippen LogP contribution in [0.25, 0.3) is 0 Å². The number of amides is 1. The van der Waals surface area contributed by atoms with E-state index >= 15 is 0 Å². The summed E-state index contributed by atoms with van der Waals surface area (Å²) < 4.78 is 10.6. The van der Waals surface area contributed by atoms with Gasteiger partial charge in [0.2, 0.25) is 0 Å². The molecule has 7 heteroatoms. The minimum Gasteiger partial charge on any atom is -0.483 e. The Labute approximate surface area is 156 Å². The van der Waals surface area contributed by atoms with Crippen molar-refractivity contribution in [2.45, 2.75) is 13.5 Å². The molecule has 0 saturated carbocycles. The van der Waals surface area contributed by atoms with Gasteiger partial charge in [0.1, 0.15) is 11.5 Å². The van der Waals surface area contributed by atoms with E-state index in [1.54, 1.807) is 54.4 Å². The summed E-state index contributed by atoms with van der Waals surface area (Å²) in [5, 5.41) is 9.20. The van der Waals surface area contributed by atoms with Crippen molar-refractivity contribution in [1.82, 2.24) is 4.90 Å². The van der Waals surface area contributed by atoms with E-state index < -0.39 is 5.97 Å². The van der Waals surface area contributed by atoms with E-state index in [4.69, 9.17) is 26.2 Å². The third-order valence-electron chi connectivity index (χ3n) is 3.62. The predicted octanol–water partition coefficient (Wildman–Crippen LogP) is 3.15. The van der Waals surface area contributed by atoms with Gasteiger partial charge in [-0.1, -0.05) is 23.7 Å². The quantitative estimate of drug-likeness (QED) is 0.764. The summed E-state index contributed by atoms with van der Waals surface area (Å²) in [6.07, 6.45) is 0. The molecular formula is C19H20ClNO5. The molecule has 0 radical (unpaired) electrons. The number of carbonyl (C=O) groups is 2. The third kappa shape index (κ3) is 5.97. The van der Waals surface area contributed by atoms with E-state index in [1.165, 1.54) is 0 Å². The lowest BCUT2D eigenvalue weighted by Gasteiger charge is -2.18. The highest BCUT2D eigenvalue weighted by Crippen LogP contribution is 2.21. The number of aliphatic carboxylic acids is 1. The Bertz CT molecular complexity index is 776. The Morgan fingerprint density at radius 1 is 1.08 bits per heavy atom. The first-order valence-electron chi connectivity index (χ1n) is 7.91. The largest absolute Gasteiger partial charge is 0.483 e. The van der Waals surface area contributed by atoms with Gasteiger partial charge in [-0.2, -0.15) is 0 Å². The number of likely N-dealkylation sites (N-methyl/N-ethyl adjacent to an activating group) is 1. The van der Waals surface area contributed by atoms with E-state index in [-0.39, 0.29) is 19.1 Å². The Kier molecular flexibility index (Phi) is 6.86. The standard InChI is InChI=1S/C19H20ClNO5/c1-13-9-15(20)5-8-17(13)26-11-18(22)21(2)10-14-3-6-16(7-4-14)25-12-19(23)24/h3-9H,10-12H2,1-2H3,(H,23,24). The molecule has 0 atom stereocenters. The second-order valence-electron chi connectivity index (χ2n) is 5.77. The summed E-state index contributed by atoms with van der Waals surface area (Å²) >= 11 is 5.90. The van der Waals surface area contributed by atoms with Crippen LogP contribution in [0.5, 0.6) is 11.5 Å². The normalized spacial score (nSPS) is 10.3. The van der Waals surface area contributed by atoms with Crippen molar-refractivity contribution in [1.29, 1.82) is 0 Å². The highest BCUT2D eigenvalue weighted by atomic mass is 35.5. The molecule has 2 aromatic rings. The van der Waals surface area contributed by atoms with Crippen LogP contribution < -0.4 is 9.47 Å². The molecule has 0 aliphatic rings. The van der Waals surface area contributed by atoms with Crippen molar-refractivity contribution < 1.29 is 24.2 Å². The smallest absolute Gasteiger partial charge is 0.341 e. The number of benzene rings is 2. The highest BCUT2D eigenvalue weighted by molar-refractivity contribution is 6.30. The topological polar surface area (TPSA) is 76.1 Å². The Hall–Kier alpha value is -2.73. The molecule has 1 amide bonds. The number of aryl methyl sites for hydroxylation is 1. The molecule has 26 heavy (non-hydrogen) atoms. The number of nitrogens with zero attached hydrogens (tertiary/aromatic N) is 1. The van der Waals surface area contributed by atoms with Crippen LogP contribution in [0.15, 0.2) is 42.5 Å². The maximum absolute atomic E-state index is 12.2. The summed E-state index contributed by atoms with van der Waals surface area (Å²) in [7, 11) is 1.69. The number of carbonyl (C=O) groups excluding carboxylic acids is 1.